The van der Waals surface area contributed by atoms with Crippen molar-refractivity contribution in [3.05, 3.63) is 24.3 Å². The number of carboxylic acid groups (broad SMARTS) is 1. The molecule has 6 N–H and O–H groups in total. The number of rotatable bonds is 16. The molecule has 17 nitrogen and oxygen atoms in total. The van der Waals surface area contributed by atoms with E-state index in [0.717, 1.165) is 56.9 Å². The predicted octanol–water partition coefficient (Wildman–Crippen LogP) is 3.35. The minimum Gasteiger partial charge on any atom is -0.481 e. The van der Waals surface area contributed by atoms with Crippen LogP contribution in [-0.2, 0) is 28.6 Å². The largest absolute Gasteiger partial charge is 0.481 e. The lowest BCUT2D eigenvalue weighted by molar-refractivity contribution is -0.245. The molecule has 2 aliphatic heterocycles. The number of nitrogens with zero attached hydrogens (tertiary/aromatic N) is 5. The lowest BCUT2D eigenvalue weighted by Gasteiger charge is -2.65. The zero-order valence-electron chi connectivity index (χ0n) is 35.7. The van der Waals surface area contributed by atoms with Crippen molar-refractivity contribution in [2.75, 3.05) is 38.7 Å². The van der Waals surface area contributed by atoms with Crippen molar-refractivity contribution in [1.29, 1.82) is 0 Å². The number of cyclic esters (lactones) is 1. The van der Waals surface area contributed by atoms with E-state index < -0.39 is 47.6 Å². The maximum atomic E-state index is 13.0. The molecule has 61 heavy (non-hydrogen) atoms. The molecule has 17 heteroatoms. The molecule has 0 bridgehead atoms. The highest BCUT2D eigenvalue weighted by atomic mass is 16.6. The van der Waals surface area contributed by atoms with Gasteiger partial charge in [-0.2, -0.15) is 0 Å². The van der Waals surface area contributed by atoms with Gasteiger partial charge in [0.05, 0.1) is 24.1 Å². The van der Waals surface area contributed by atoms with Crippen molar-refractivity contribution in [3.63, 3.8) is 0 Å². The molecule has 1 saturated heterocycles. The normalized spacial score (nSPS) is 38.2. The highest BCUT2D eigenvalue weighted by Gasteiger charge is 2.70. The fourth-order valence-electron chi connectivity index (χ4n) is 12.6. The number of aliphatic hydroxyl groups is 4. The first-order chi connectivity index (χ1) is 29.1. The molecule has 6 aliphatic rings. The monoisotopic (exact) mass is 852 g/mol. The Morgan fingerprint density at radius 3 is 2.57 bits per heavy atom. The van der Waals surface area contributed by atoms with Gasteiger partial charge in [-0.1, -0.05) is 20.3 Å². The Balaban J connectivity index is 0.773. The van der Waals surface area contributed by atoms with Crippen LogP contribution in [0.4, 0.5) is 5.82 Å². The van der Waals surface area contributed by atoms with Gasteiger partial charge in [0, 0.05) is 37.5 Å². The zero-order chi connectivity index (χ0) is 43.3. The van der Waals surface area contributed by atoms with Gasteiger partial charge >= 0.3 is 11.9 Å². The van der Waals surface area contributed by atoms with E-state index >= 15 is 0 Å². The number of aliphatic hydroxyl groups excluding tert-OH is 3. The molecule has 0 aromatic carbocycles. The number of fused-ring (bicyclic) bond motifs is 6. The third-order valence-corrected chi connectivity index (χ3v) is 16.1. The summed E-state index contributed by atoms with van der Waals surface area (Å²) < 4.78 is 19.3. The van der Waals surface area contributed by atoms with Gasteiger partial charge in [0.1, 0.15) is 31.2 Å². The van der Waals surface area contributed by atoms with E-state index in [4.69, 9.17) is 19.3 Å². The Labute approximate surface area is 356 Å². The number of aromatic nitrogens is 4. The summed E-state index contributed by atoms with van der Waals surface area (Å²) in [6.07, 6.45) is 9.73. The van der Waals surface area contributed by atoms with Gasteiger partial charge < -0.3 is 50.0 Å². The van der Waals surface area contributed by atoms with Crippen molar-refractivity contribution in [3.8, 4) is 0 Å². The molecule has 2 aromatic rings. The number of aliphatic carboxylic acids is 1. The average Bonchev–Trinajstić information content (AvgIpc) is 3.98. The highest BCUT2D eigenvalue weighted by Crippen LogP contribution is 2.70. The number of amides is 1. The maximum Gasteiger partial charge on any atom is 0.331 e. The number of ether oxygens (including phenoxy) is 3. The second-order valence-electron chi connectivity index (χ2n) is 19.3. The van der Waals surface area contributed by atoms with E-state index in [1.807, 2.05) is 4.90 Å². The van der Waals surface area contributed by atoms with Crippen LogP contribution >= 0.6 is 0 Å². The van der Waals surface area contributed by atoms with Crippen molar-refractivity contribution in [2.24, 2.45) is 34.5 Å². The SMILES string of the molecule is CN(CCCC(=O)O)C[C@H]1O[C@@H](n2cnc3c(NC(=O)CCCCCO[C@@H]4CC[C@]5(C)C6C[C@@H](O)[C@]7(C)[C@@H](C8=CC(=O)OC8)CC[C@]7(O)C6CC[C@@H]5C4)ncnc32)[C@H](O)[C@@H]1O. The van der Waals surface area contributed by atoms with Gasteiger partial charge in [-0.25, -0.2) is 19.7 Å². The topological polar surface area (TPSA) is 239 Å². The first kappa shape index (κ1) is 44.0. The van der Waals surface area contributed by atoms with Gasteiger partial charge in [-0.3, -0.25) is 14.2 Å². The molecular formula is C44H64N6O11. The maximum absolute atomic E-state index is 13.0. The summed E-state index contributed by atoms with van der Waals surface area (Å²) in [7, 11) is 1.80. The van der Waals surface area contributed by atoms with E-state index in [0.29, 0.717) is 62.3 Å². The molecule has 8 rings (SSSR count). The summed E-state index contributed by atoms with van der Waals surface area (Å²) in [4.78, 5) is 50.6. The van der Waals surface area contributed by atoms with Gasteiger partial charge in [0.15, 0.2) is 23.2 Å². The van der Waals surface area contributed by atoms with Gasteiger partial charge in [0.25, 0.3) is 0 Å². The smallest absolute Gasteiger partial charge is 0.331 e. The Morgan fingerprint density at radius 1 is 0.984 bits per heavy atom. The Hall–Kier alpha value is -3.58. The molecule has 2 unspecified atom stereocenters. The van der Waals surface area contributed by atoms with Crippen LogP contribution < -0.4 is 5.32 Å². The zero-order valence-corrected chi connectivity index (χ0v) is 35.7. The summed E-state index contributed by atoms with van der Waals surface area (Å²) in [6.45, 7) is 6.09. The molecule has 336 valence electrons. The van der Waals surface area contributed by atoms with E-state index in [1.165, 1.54) is 17.2 Å². The number of carbonyl (C=O) groups excluding carboxylic acids is 2. The lowest BCUT2D eigenvalue weighted by Crippen LogP contribution is -2.67. The number of carbonyl (C=O) groups is 3. The number of anilines is 1. The van der Waals surface area contributed by atoms with Crippen molar-refractivity contribution >= 4 is 34.8 Å². The first-order valence-electron chi connectivity index (χ1n) is 22.4. The Bertz CT molecular complexity index is 1980. The number of esters is 1. The first-order valence-corrected chi connectivity index (χ1v) is 22.4. The van der Waals surface area contributed by atoms with E-state index in [-0.39, 0.29) is 66.5 Å². The number of carboxylic acids is 1. The van der Waals surface area contributed by atoms with Gasteiger partial charge in [-0.05, 0) is 119 Å². The molecule has 4 aliphatic carbocycles. The van der Waals surface area contributed by atoms with Crippen LogP contribution in [0.3, 0.4) is 0 Å². The molecular weight excluding hydrogens is 789 g/mol. The highest BCUT2D eigenvalue weighted by molar-refractivity contribution is 5.96. The van der Waals surface area contributed by atoms with E-state index in [1.54, 1.807) is 13.1 Å². The van der Waals surface area contributed by atoms with Crippen molar-refractivity contribution < 1.29 is 54.1 Å². The fraction of sp³-hybridized carbons (Fsp3) is 0.773. The van der Waals surface area contributed by atoms with E-state index in [2.05, 4.69) is 34.1 Å². The van der Waals surface area contributed by atoms with Crippen molar-refractivity contribution in [1.82, 2.24) is 24.4 Å². The van der Waals surface area contributed by atoms with Crippen LogP contribution in [0.1, 0.15) is 110 Å². The second-order valence-corrected chi connectivity index (χ2v) is 19.3. The summed E-state index contributed by atoms with van der Waals surface area (Å²) >= 11 is 0. The van der Waals surface area contributed by atoms with Gasteiger partial charge in [0.2, 0.25) is 5.91 Å². The Morgan fingerprint density at radius 2 is 1.80 bits per heavy atom. The molecule has 4 heterocycles. The summed E-state index contributed by atoms with van der Waals surface area (Å²) in [5.41, 5.74) is -0.0890. The number of imidazole rings is 1. The fourth-order valence-corrected chi connectivity index (χ4v) is 12.6. The third-order valence-electron chi connectivity index (χ3n) is 16.1. The molecule has 4 saturated carbocycles. The molecule has 0 spiro atoms. The van der Waals surface area contributed by atoms with Crippen LogP contribution in [0.2, 0.25) is 0 Å². The summed E-state index contributed by atoms with van der Waals surface area (Å²) in [5.74, 6) is -0.415. The van der Waals surface area contributed by atoms with Crippen LogP contribution in [0, 0.1) is 34.5 Å². The molecule has 2 aromatic heterocycles. The van der Waals surface area contributed by atoms with Crippen LogP contribution in [0.25, 0.3) is 11.2 Å². The van der Waals surface area contributed by atoms with E-state index in [9.17, 15) is 34.8 Å². The predicted molar refractivity (Wildman–Crippen MR) is 220 cm³/mol. The molecule has 0 radical (unpaired) electrons. The van der Waals surface area contributed by atoms with Gasteiger partial charge in [-0.15, -0.1) is 0 Å². The number of hydrogen-bond donors (Lipinski definition) is 6. The van der Waals surface area contributed by atoms with Crippen molar-refractivity contribution in [2.45, 2.75) is 146 Å². The molecule has 13 atom stereocenters. The Kier molecular flexibility index (Phi) is 12.7. The quantitative estimate of drug-likeness (QED) is 0.105. The number of hydrogen-bond acceptors (Lipinski definition) is 14. The van der Waals surface area contributed by atoms with Crippen LogP contribution in [0.5, 0.6) is 0 Å². The number of unbranched alkanes of at least 4 members (excludes halogenated alkanes) is 2. The minimum atomic E-state index is -1.27. The third kappa shape index (κ3) is 8.12. The molecule has 5 fully saturated rings. The van der Waals surface area contributed by atoms with Crippen LogP contribution in [0.15, 0.2) is 24.3 Å². The average molecular weight is 853 g/mol. The minimum absolute atomic E-state index is 0.0200. The summed E-state index contributed by atoms with van der Waals surface area (Å²) in [6, 6.07) is 0. The molecule has 1 amide bonds. The summed E-state index contributed by atoms with van der Waals surface area (Å²) in [5, 5.41) is 57.8. The second kappa shape index (κ2) is 17.5. The van der Waals surface area contributed by atoms with Crippen LogP contribution in [-0.4, -0.2) is 137 Å². The number of nitrogens with one attached hydrogen (secondary N) is 1. The lowest BCUT2D eigenvalue weighted by atomic mass is 9.42. The number of likely N-dealkylation sites (N-methyl/N-ethyl adjacent to an activating group) is 1. The standard InChI is InChI=1S/C44H64N6O11/c1-42-14-12-27(19-26(42)10-11-29-30(42)20-32(51)43(2)28(13-15-44(29,43)58)25-18-35(55)60-22-25)59-17-6-4-5-8-33(52)48-39-36-40(46-23-45-39)50(24-47-36)41-38(57)37(56)31(61-41)21-49(3)16-7-9-34(53)54/h18,23-24,26-32,37-38,41,51,56-58H,4-17,19-22H2,1-3H3,(H,53,54)(H,45,46,48,52)/t26-,27-,28-,29?,30?,31-,32-,37-,38-,41-,42+,43+,44+/m1/s1.